The summed E-state index contributed by atoms with van der Waals surface area (Å²) in [6.45, 7) is 7.35. The molecule has 0 spiro atoms. The third kappa shape index (κ3) is 4.08. The summed E-state index contributed by atoms with van der Waals surface area (Å²) in [4.78, 5) is 11.5. The van der Waals surface area contributed by atoms with E-state index < -0.39 is 0 Å². The van der Waals surface area contributed by atoms with Crippen molar-refractivity contribution in [2.75, 3.05) is 20.1 Å². The first-order valence-corrected chi connectivity index (χ1v) is 9.71. The lowest BCUT2D eigenvalue weighted by Crippen LogP contribution is -2.34. The minimum atomic E-state index is 0.688. The second-order valence-electron chi connectivity index (χ2n) is 7.72. The van der Waals surface area contributed by atoms with Crippen molar-refractivity contribution < 1.29 is 0 Å². The molecule has 0 N–H and O–H groups in total. The molecule has 1 unspecified atom stereocenters. The summed E-state index contributed by atoms with van der Waals surface area (Å²) in [5.74, 6) is 0.688. The lowest BCUT2D eigenvalue weighted by molar-refractivity contribution is 0.191. The Hall–Kier alpha value is -2.53. The molecule has 27 heavy (non-hydrogen) atoms. The number of benzene rings is 1. The monoisotopic (exact) mass is 361 g/mol. The highest BCUT2D eigenvalue weighted by Gasteiger charge is 2.18. The number of likely N-dealkylation sites (tertiary alicyclic amines) is 1. The van der Waals surface area contributed by atoms with Crippen molar-refractivity contribution in [3.8, 4) is 22.5 Å². The molecule has 1 aromatic carbocycles. The van der Waals surface area contributed by atoms with Gasteiger partial charge in [0.15, 0.2) is 0 Å². The van der Waals surface area contributed by atoms with Crippen LogP contribution in [0.3, 0.4) is 0 Å². The first kappa shape index (κ1) is 17.9. The van der Waals surface area contributed by atoms with Crippen molar-refractivity contribution >= 4 is 0 Å². The number of aromatic nitrogens is 4. The third-order valence-corrected chi connectivity index (χ3v) is 5.32. The van der Waals surface area contributed by atoms with E-state index in [1.165, 1.54) is 19.4 Å². The summed E-state index contributed by atoms with van der Waals surface area (Å²) >= 11 is 0. The summed E-state index contributed by atoms with van der Waals surface area (Å²) in [6, 6.07) is 10.6. The second kappa shape index (κ2) is 7.61. The van der Waals surface area contributed by atoms with Gasteiger partial charge in [0.1, 0.15) is 0 Å². The van der Waals surface area contributed by atoms with E-state index in [1.54, 1.807) is 0 Å². The predicted molar refractivity (Wildman–Crippen MR) is 108 cm³/mol. The van der Waals surface area contributed by atoms with E-state index in [2.05, 4.69) is 63.1 Å². The van der Waals surface area contributed by atoms with Gasteiger partial charge in [-0.3, -0.25) is 9.67 Å². The van der Waals surface area contributed by atoms with Gasteiger partial charge in [0, 0.05) is 36.6 Å². The fourth-order valence-corrected chi connectivity index (χ4v) is 3.94. The van der Waals surface area contributed by atoms with Gasteiger partial charge in [0.25, 0.3) is 0 Å². The first-order valence-electron chi connectivity index (χ1n) is 9.71. The van der Waals surface area contributed by atoms with Crippen LogP contribution < -0.4 is 0 Å². The van der Waals surface area contributed by atoms with Gasteiger partial charge in [-0.25, -0.2) is 4.98 Å². The molecular formula is C22H27N5. The van der Waals surface area contributed by atoms with Crippen molar-refractivity contribution in [2.45, 2.75) is 33.2 Å². The van der Waals surface area contributed by atoms with Crippen LogP contribution in [-0.4, -0.2) is 44.8 Å². The van der Waals surface area contributed by atoms with Crippen LogP contribution in [0.5, 0.6) is 0 Å². The molecule has 3 aromatic rings. The van der Waals surface area contributed by atoms with Gasteiger partial charge in [-0.1, -0.05) is 18.2 Å². The molecule has 5 heteroatoms. The van der Waals surface area contributed by atoms with E-state index in [9.17, 15) is 0 Å². The average Bonchev–Trinajstić information content (AvgIpc) is 3.12. The van der Waals surface area contributed by atoms with Crippen LogP contribution in [-0.2, 0) is 6.54 Å². The first-order chi connectivity index (χ1) is 13.1. The van der Waals surface area contributed by atoms with Gasteiger partial charge in [0.2, 0.25) is 0 Å². The molecule has 3 heterocycles. The maximum atomic E-state index is 4.84. The summed E-state index contributed by atoms with van der Waals surface area (Å²) in [5.41, 5.74) is 6.05. The van der Waals surface area contributed by atoms with E-state index in [0.29, 0.717) is 5.92 Å². The van der Waals surface area contributed by atoms with E-state index >= 15 is 0 Å². The molecule has 1 aliphatic rings. The predicted octanol–water partition coefficient (Wildman–Crippen LogP) is 3.97. The molecular weight excluding hydrogens is 334 g/mol. The number of piperidine rings is 1. The number of nitrogens with zero attached hydrogens (tertiary/aromatic N) is 5. The van der Waals surface area contributed by atoms with Crippen LogP contribution in [0.4, 0.5) is 0 Å². The lowest BCUT2D eigenvalue weighted by atomic mass is 9.99. The Labute approximate surface area is 161 Å². The van der Waals surface area contributed by atoms with E-state index in [0.717, 1.165) is 47.0 Å². The smallest absolute Gasteiger partial charge is 0.0923 e. The van der Waals surface area contributed by atoms with E-state index in [4.69, 9.17) is 5.10 Å². The molecule has 1 aliphatic heterocycles. The normalized spacial score (nSPS) is 18.0. The quantitative estimate of drug-likeness (QED) is 0.705. The zero-order valence-electron chi connectivity index (χ0n) is 16.4. The zero-order chi connectivity index (χ0) is 18.8. The SMILES string of the molecule is Cc1cnc(C)c(-c2cccc(-c3ccn(CC4CCCN(C)C4)n3)c2)n1. The Morgan fingerprint density at radius 1 is 1.15 bits per heavy atom. The van der Waals surface area contributed by atoms with Crippen LogP contribution in [0.15, 0.2) is 42.7 Å². The number of rotatable bonds is 4. The van der Waals surface area contributed by atoms with Crippen molar-refractivity contribution in [2.24, 2.45) is 5.92 Å². The Bertz CT molecular complexity index is 930. The Morgan fingerprint density at radius 3 is 2.85 bits per heavy atom. The highest BCUT2D eigenvalue weighted by Crippen LogP contribution is 2.26. The topological polar surface area (TPSA) is 46.8 Å². The molecule has 0 bridgehead atoms. The van der Waals surface area contributed by atoms with Crippen LogP contribution in [0, 0.1) is 19.8 Å². The van der Waals surface area contributed by atoms with Gasteiger partial charge < -0.3 is 4.90 Å². The van der Waals surface area contributed by atoms with Crippen LogP contribution in [0.25, 0.3) is 22.5 Å². The van der Waals surface area contributed by atoms with Crippen molar-refractivity contribution in [1.29, 1.82) is 0 Å². The molecule has 0 saturated carbocycles. The molecule has 140 valence electrons. The largest absolute Gasteiger partial charge is 0.306 e. The highest BCUT2D eigenvalue weighted by atomic mass is 15.3. The number of hydrogen-bond acceptors (Lipinski definition) is 4. The Morgan fingerprint density at radius 2 is 2.00 bits per heavy atom. The van der Waals surface area contributed by atoms with Crippen molar-refractivity contribution in [3.63, 3.8) is 0 Å². The highest BCUT2D eigenvalue weighted by molar-refractivity contribution is 5.70. The third-order valence-electron chi connectivity index (χ3n) is 5.32. The van der Waals surface area contributed by atoms with Gasteiger partial charge >= 0.3 is 0 Å². The molecule has 1 atom stereocenters. The summed E-state index contributed by atoms with van der Waals surface area (Å²) < 4.78 is 2.10. The molecule has 1 saturated heterocycles. The van der Waals surface area contributed by atoms with Gasteiger partial charge in [-0.05, 0) is 58.3 Å². The average molecular weight is 361 g/mol. The van der Waals surface area contributed by atoms with E-state index in [1.807, 2.05) is 20.0 Å². The number of aryl methyl sites for hydroxylation is 2. The Kier molecular flexibility index (Phi) is 5.03. The lowest BCUT2D eigenvalue weighted by Gasteiger charge is -2.29. The maximum absolute atomic E-state index is 4.84. The van der Waals surface area contributed by atoms with Gasteiger partial charge in [-0.15, -0.1) is 0 Å². The fourth-order valence-electron chi connectivity index (χ4n) is 3.94. The zero-order valence-corrected chi connectivity index (χ0v) is 16.4. The Balaban J connectivity index is 1.56. The van der Waals surface area contributed by atoms with E-state index in [-0.39, 0.29) is 0 Å². The molecule has 5 nitrogen and oxygen atoms in total. The molecule has 0 aliphatic carbocycles. The maximum Gasteiger partial charge on any atom is 0.0923 e. The molecule has 0 amide bonds. The van der Waals surface area contributed by atoms with Crippen LogP contribution in [0.2, 0.25) is 0 Å². The van der Waals surface area contributed by atoms with Crippen molar-refractivity contribution in [3.05, 3.63) is 54.1 Å². The fraction of sp³-hybridized carbons (Fsp3) is 0.409. The summed E-state index contributed by atoms with van der Waals surface area (Å²) in [7, 11) is 2.21. The van der Waals surface area contributed by atoms with Crippen LogP contribution in [0.1, 0.15) is 24.2 Å². The molecule has 0 radical (unpaired) electrons. The summed E-state index contributed by atoms with van der Waals surface area (Å²) in [6.07, 6.45) is 6.50. The van der Waals surface area contributed by atoms with Crippen molar-refractivity contribution in [1.82, 2.24) is 24.6 Å². The summed E-state index contributed by atoms with van der Waals surface area (Å²) in [5, 5.41) is 4.84. The van der Waals surface area contributed by atoms with Gasteiger partial charge in [0.05, 0.1) is 22.8 Å². The second-order valence-corrected chi connectivity index (χ2v) is 7.72. The molecule has 1 fully saturated rings. The number of hydrogen-bond donors (Lipinski definition) is 0. The molecule has 2 aromatic heterocycles. The minimum absolute atomic E-state index is 0.688. The molecule has 4 rings (SSSR count). The van der Waals surface area contributed by atoms with Gasteiger partial charge in [-0.2, -0.15) is 5.10 Å². The van der Waals surface area contributed by atoms with Crippen LogP contribution >= 0.6 is 0 Å². The minimum Gasteiger partial charge on any atom is -0.306 e. The standard InChI is InChI=1S/C22H27N5/c1-16-13-23-17(2)22(24-16)20-8-4-7-19(12-20)21-9-11-27(25-21)15-18-6-5-10-26(3)14-18/h4,7-9,11-13,18H,5-6,10,14-15H2,1-3H3.